The van der Waals surface area contributed by atoms with Gasteiger partial charge in [-0.25, -0.2) is 4.98 Å². The van der Waals surface area contributed by atoms with Gasteiger partial charge in [-0.05, 0) is 25.3 Å². The molecule has 0 saturated carbocycles. The van der Waals surface area contributed by atoms with Gasteiger partial charge in [-0.3, -0.25) is 24.8 Å². The molecule has 0 spiro atoms. The zero-order chi connectivity index (χ0) is 18.1. The molecule has 9 heteroatoms. The second-order valence-corrected chi connectivity index (χ2v) is 6.58. The molecule has 2 aliphatic heterocycles. The molecule has 136 valence electrons. The van der Waals surface area contributed by atoms with Crippen LogP contribution < -0.4 is 5.56 Å². The predicted octanol–water partition coefficient (Wildman–Crippen LogP) is 1.80. The SMILES string of the molecule is O=c1[nH]c(C2=NCCCC2)nc2c1CN(Cc1ccc([N+](=O)[O-])o1)CC2. The van der Waals surface area contributed by atoms with Crippen LogP contribution in [0.2, 0.25) is 0 Å². The molecule has 4 heterocycles. The Kier molecular flexibility index (Phi) is 4.37. The second kappa shape index (κ2) is 6.83. The average molecular weight is 357 g/mol. The number of nitro groups is 1. The molecule has 2 aliphatic rings. The van der Waals surface area contributed by atoms with Crippen molar-refractivity contribution in [1.29, 1.82) is 0 Å². The minimum atomic E-state index is -0.556. The van der Waals surface area contributed by atoms with E-state index in [1.54, 1.807) is 6.07 Å². The molecule has 2 aromatic rings. The van der Waals surface area contributed by atoms with Crippen molar-refractivity contribution in [3.8, 4) is 0 Å². The maximum absolute atomic E-state index is 12.5. The third kappa shape index (κ3) is 3.30. The molecular formula is C17H19N5O4. The quantitative estimate of drug-likeness (QED) is 0.658. The van der Waals surface area contributed by atoms with E-state index < -0.39 is 4.92 Å². The Bertz CT molecular complexity index is 929. The minimum Gasteiger partial charge on any atom is -0.404 e. The van der Waals surface area contributed by atoms with Gasteiger partial charge >= 0.3 is 5.88 Å². The first kappa shape index (κ1) is 16.6. The van der Waals surface area contributed by atoms with Crippen LogP contribution in [0.1, 0.15) is 42.1 Å². The first-order chi connectivity index (χ1) is 12.6. The lowest BCUT2D eigenvalue weighted by Gasteiger charge is -2.27. The van der Waals surface area contributed by atoms with Crippen molar-refractivity contribution in [2.24, 2.45) is 4.99 Å². The van der Waals surface area contributed by atoms with Crippen LogP contribution in [0, 0.1) is 10.1 Å². The van der Waals surface area contributed by atoms with Gasteiger partial charge in [0, 0.05) is 26.1 Å². The van der Waals surface area contributed by atoms with E-state index in [0.29, 0.717) is 43.2 Å². The zero-order valence-corrected chi connectivity index (χ0v) is 14.2. The molecule has 0 aromatic carbocycles. The molecule has 9 nitrogen and oxygen atoms in total. The van der Waals surface area contributed by atoms with Crippen molar-refractivity contribution in [3.63, 3.8) is 0 Å². The normalized spacial score (nSPS) is 17.6. The standard InChI is InChI=1S/C17H19N5O4/c23-17-12-10-21(9-11-4-5-15(26-11)22(24)25)8-6-13(12)19-16(20-17)14-3-1-2-7-18-14/h4-5H,1-3,6-10H2,(H,19,20,23). The molecule has 0 fully saturated rings. The summed E-state index contributed by atoms with van der Waals surface area (Å²) >= 11 is 0. The van der Waals surface area contributed by atoms with Gasteiger partial charge < -0.3 is 9.40 Å². The summed E-state index contributed by atoms with van der Waals surface area (Å²) in [6, 6.07) is 2.94. The largest absolute Gasteiger partial charge is 0.433 e. The highest BCUT2D eigenvalue weighted by Gasteiger charge is 2.24. The molecule has 0 atom stereocenters. The lowest BCUT2D eigenvalue weighted by Crippen LogP contribution is -2.36. The van der Waals surface area contributed by atoms with E-state index in [9.17, 15) is 14.9 Å². The number of rotatable bonds is 4. The zero-order valence-electron chi connectivity index (χ0n) is 14.2. The van der Waals surface area contributed by atoms with Crippen molar-refractivity contribution >= 4 is 11.6 Å². The van der Waals surface area contributed by atoms with Crippen molar-refractivity contribution in [2.45, 2.75) is 38.8 Å². The van der Waals surface area contributed by atoms with Crippen molar-refractivity contribution in [1.82, 2.24) is 14.9 Å². The third-order valence-corrected chi connectivity index (χ3v) is 4.75. The predicted molar refractivity (Wildman–Crippen MR) is 93.3 cm³/mol. The highest BCUT2D eigenvalue weighted by molar-refractivity contribution is 5.97. The Balaban J connectivity index is 1.52. The number of aromatic amines is 1. The van der Waals surface area contributed by atoms with Gasteiger partial charge in [0.15, 0.2) is 5.82 Å². The lowest BCUT2D eigenvalue weighted by atomic mass is 10.1. The van der Waals surface area contributed by atoms with Gasteiger partial charge in [-0.15, -0.1) is 0 Å². The average Bonchev–Trinajstić information content (AvgIpc) is 3.12. The molecule has 0 unspecified atom stereocenters. The van der Waals surface area contributed by atoms with Crippen LogP contribution in [0.15, 0.2) is 26.3 Å². The van der Waals surface area contributed by atoms with Gasteiger partial charge in [0.05, 0.1) is 29.6 Å². The highest BCUT2D eigenvalue weighted by Crippen LogP contribution is 2.21. The first-order valence-corrected chi connectivity index (χ1v) is 8.71. The van der Waals surface area contributed by atoms with Gasteiger partial charge in [-0.1, -0.05) is 0 Å². The molecule has 4 rings (SSSR count). The number of hydrogen-bond acceptors (Lipinski definition) is 7. The van der Waals surface area contributed by atoms with Crippen molar-refractivity contribution in [3.05, 3.63) is 55.4 Å². The first-order valence-electron chi connectivity index (χ1n) is 8.71. The van der Waals surface area contributed by atoms with Crippen molar-refractivity contribution < 1.29 is 9.34 Å². The summed E-state index contributed by atoms with van der Waals surface area (Å²) in [5, 5.41) is 10.7. The summed E-state index contributed by atoms with van der Waals surface area (Å²) in [6.07, 6.45) is 3.66. The van der Waals surface area contributed by atoms with E-state index >= 15 is 0 Å². The fourth-order valence-electron chi connectivity index (χ4n) is 3.41. The van der Waals surface area contributed by atoms with Gasteiger partial charge in [0.2, 0.25) is 0 Å². The fraction of sp³-hybridized carbons (Fsp3) is 0.471. The van der Waals surface area contributed by atoms with E-state index in [1.807, 2.05) is 4.90 Å². The van der Waals surface area contributed by atoms with Crippen LogP contribution in [0.4, 0.5) is 5.88 Å². The second-order valence-electron chi connectivity index (χ2n) is 6.58. The number of fused-ring (bicyclic) bond motifs is 1. The fourth-order valence-corrected chi connectivity index (χ4v) is 3.41. The molecule has 0 saturated heterocycles. The number of hydrogen-bond donors (Lipinski definition) is 1. The Labute approximate surface area is 148 Å². The molecule has 0 amide bonds. The number of furan rings is 1. The molecule has 26 heavy (non-hydrogen) atoms. The van der Waals surface area contributed by atoms with Crippen LogP contribution in [0.3, 0.4) is 0 Å². The number of nitrogens with zero attached hydrogens (tertiary/aromatic N) is 4. The minimum absolute atomic E-state index is 0.131. The number of aromatic nitrogens is 2. The van der Waals surface area contributed by atoms with Gasteiger partial charge in [0.25, 0.3) is 5.56 Å². The Morgan fingerprint density at radius 2 is 2.19 bits per heavy atom. The van der Waals surface area contributed by atoms with Gasteiger partial charge in [0.1, 0.15) is 10.7 Å². The van der Waals surface area contributed by atoms with Crippen LogP contribution in [0.5, 0.6) is 0 Å². The van der Waals surface area contributed by atoms with Crippen LogP contribution in [-0.4, -0.2) is 38.6 Å². The van der Waals surface area contributed by atoms with E-state index in [2.05, 4.69) is 15.0 Å². The number of nitrogens with one attached hydrogen (secondary N) is 1. The monoisotopic (exact) mass is 357 g/mol. The summed E-state index contributed by atoms with van der Waals surface area (Å²) in [6.45, 7) is 2.36. The summed E-state index contributed by atoms with van der Waals surface area (Å²) in [7, 11) is 0. The lowest BCUT2D eigenvalue weighted by molar-refractivity contribution is -0.402. The van der Waals surface area contributed by atoms with Gasteiger partial charge in [-0.2, -0.15) is 0 Å². The van der Waals surface area contributed by atoms with Crippen LogP contribution in [0.25, 0.3) is 0 Å². The Morgan fingerprint density at radius 3 is 2.92 bits per heavy atom. The van der Waals surface area contributed by atoms with Crippen LogP contribution >= 0.6 is 0 Å². The van der Waals surface area contributed by atoms with Crippen molar-refractivity contribution in [2.75, 3.05) is 13.1 Å². The van der Waals surface area contributed by atoms with E-state index in [1.165, 1.54) is 6.07 Å². The maximum atomic E-state index is 12.5. The number of H-pyrrole nitrogens is 1. The third-order valence-electron chi connectivity index (χ3n) is 4.75. The summed E-state index contributed by atoms with van der Waals surface area (Å²) in [5.74, 6) is 0.844. The topological polar surface area (TPSA) is 118 Å². The summed E-state index contributed by atoms with van der Waals surface area (Å²) in [5.41, 5.74) is 2.23. The smallest absolute Gasteiger partial charge is 0.404 e. The van der Waals surface area contributed by atoms with E-state index in [0.717, 1.165) is 37.2 Å². The Hall–Kier alpha value is -2.81. The molecule has 0 radical (unpaired) electrons. The molecule has 1 N–H and O–H groups in total. The Morgan fingerprint density at radius 1 is 1.31 bits per heavy atom. The van der Waals surface area contributed by atoms with E-state index in [4.69, 9.17) is 4.42 Å². The maximum Gasteiger partial charge on any atom is 0.433 e. The summed E-state index contributed by atoms with van der Waals surface area (Å²) < 4.78 is 5.21. The summed E-state index contributed by atoms with van der Waals surface area (Å²) in [4.78, 5) is 36.7. The highest BCUT2D eigenvalue weighted by atomic mass is 16.6. The molecular weight excluding hydrogens is 338 g/mol. The molecule has 0 aliphatic carbocycles. The van der Waals surface area contributed by atoms with Crippen LogP contribution in [-0.2, 0) is 19.5 Å². The molecule has 2 aromatic heterocycles. The van der Waals surface area contributed by atoms with E-state index in [-0.39, 0.29) is 11.4 Å². The number of aliphatic imine (C=N–C) groups is 1. The molecule has 0 bridgehead atoms.